The molecule has 5 N–H and O–H groups in total. The quantitative estimate of drug-likeness (QED) is 0.372. The van der Waals surface area contributed by atoms with Gasteiger partial charge in [0.25, 0.3) is 0 Å². The molecule has 0 aliphatic heterocycles. The Labute approximate surface area is 124 Å². The number of nitrogens with one attached hydrogen (secondary N) is 2. The van der Waals surface area contributed by atoms with Crippen molar-refractivity contribution in [1.82, 2.24) is 15.0 Å². The Kier molecular flexibility index (Phi) is 6.53. The van der Waals surface area contributed by atoms with Gasteiger partial charge in [-0.1, -0.05) is 0 Å². The lowest BCUT2D eigenvalue weighted by molar-refractivity contribution is 0.0356. The zero-order chi connectivity index (χ0) is 15.9. The Morgan fingerprint density at radius 2 is 1.95 bits per heavy atom. The van der Waals surface area contributed by atoms with Gasteiger partial charge in [-0.3, -0.25) is 5.43 Å². The van der Waals surface area contributed by atoms with Gasteiger partial charge >= 0.3 is 6.01 Å². The maximum absolute atomic E-state index is 10.2. The summed E-state index contributed by atoms with van der Waals surface area (Å²) in [5.74, 6) is 5.76. The molecule has 0 bridgehead atoms. The normalized spacial score (nSPS) is 13.9. The zero-order valence-electron chi connectivity index (χ0n) is 12.9. The van der Waals surface area contributed by atoms with Crippen LogP contribution in [-0.4, -0.2) is 52.0 Å². The molecule has 0 aliphatic rings. The van der Waals surface area contributed by atoms with E-state index in [1.54, 1.807) is 14.0 Å². The van der Waals surface area contributed by atoms with Crippen LogP contribution in [0.3, 0.4) is 0 Å². The van der Waals surface area contributed by atoms with Gasteiger partial charge in [0.15, 0.2) is 0 Å². The number of nitrogens with two attached hydrogens (primary N) is 1. The van der Waals surface area contributed by atoms with Gasteiger partial charge in [-0.25, -0.2) is 5.84 Å². The molecule has 9 nitrogen and oxygen atoms in total. The van der Waals surface area contributed by atoms with E-state index in [0.29, 0.717) is 13.0 Å². The smallest absolute Gasteiger partial charge is 0.323 e. The zero-order valence-corrected chi connectivity index (χ0v) is 12.9. The number of ether oxygens (including phenoxy) is 2. The number of rotatable bonds is 9. The second-order valence-electron chi connectivity index (χ2n) is 5.17. The molecule has 0 radical (unpaired) electrons. The fraction of sp³-hybridized carbons (Fsp3) is 0.750. The molecule has 0 spiro atoms. The minimum atomic E-state index is -0.946. The van der Waals surface area contributed by atoms with E-state index in [1.807, 2.05) is 13.8 Å². The fourth-order valence-electron chi connectivity index (χ4n) is 1.44. The molecule has 1 atom stereocenters. The van der Waals surface area contributed by atoms with Crippen molar-refractivity contribution >= 4 is 11.9 Å². The first-order chi connectivity index (χ1) is 9.86. The maximum atomic E-state index is 10.2. The van der Waals surface area contributed by atoms with Crippen molar-refractivity contribution in [3.63, 3.8) is 0 Å². The molecule has 120 valence electrons. The van der Waals surface area contributed by atoms with Crippen LogP contribution in [0.15, 0.2) is 0 Å². The first-order valence-electron chi connectivity index (χ1n) is 6.71. The summed E-state index contributed by atoms with van der Waals surface area (Å²) in [4.78, 5) is 12.1. The van der Waals surface area contributed by atoms with Crippen LogP contribution in [0.25, 0.3) is 0 Å². The molecule has 1 aromatic rings. The molecule has 21 heavy (non-hydrogen) atoms. The Bertz CT molecular complexity index is 441. The fourth-order valence-corrected chi connectivity index (χ4v) is 1.44. The molecule has 9 heteroatoms. The van der Waals surface area contributed by atoms with Crippen molar-refractivity contribution in [3.05, 3.63) is 0 Å². The van der Waals surface area contributed by atoms with E-state index < -0.39 is 5.60 Å². The summed E-state index contributed by atoms with van der Waals surface area (Å²) >= 11 is 0. The first-order valence-corrected chi connectivity index (χ1v) is 6.71. The first kappa shape index (κ1) is 17.3. The number of hydrogen-bond acceptors (Lipinski definition) is 9. The number of aromatic nitrogens is 3. The summed E-state index contributed by atoms with van der Waals surface area (Å²) < 4.78 is 10.4. The number of nitrogens with zero attached hydrogens (tertiary/aromatic N) is 3. The van der Waals surface area contributed by atoms with Crippen molar-refractivity contribution < 1.29 is 14.6 Å². The molecule has 0 saturated heterocycles. The molecule has 1 rings (SSSR count). The minimum absolute atomic E-state index is 0.0734. The molecular formula is C12H24N6O3. The van der Waals surface area contributed by atoms with Gasteiger partial charge in [0.2, 0.25) is 11.9 Å². The van der Waals surface area contributed by atoms with E-state index in [-0.39, 0.29) is 30.6 Å². The topological polar surface area (TPSA) is 127 Å². The summed E-state index contributed by atoms with van der Waals surface area (Å²) in [5.41, 5.74) is 1.40. The lowest BCUT2D eigenvalue weighted by Crippen LogP contribution is -2.35. The molecule has 0 amide bonds. The Hall–Kier alpha value is -1.71. The summed E-state index contributed by atoms with van der Waals surface area (Å²) in [6, 6.07) is 0.159. The van der Waals surface area contributed by atoms with Crippen LogP contribution in [0.1, 0.15) is 27.2 Å². The Morgan fingerprint density at radius 1 is 1.29 bits per heavy atom. The van der Waals surface area contributed by atoms with Crippen LogP contribution < -0.4 is 21.3 Å². The van der Waals surface area contributed by atoms with Gasteiger partial charge < -0.3 is 19.9 Å². The highest BCUT2D eigenvalue weighted by Crippen LogP contribution is 2.14. The third kappa shape index (κ3) is 6.52. The van der Waals surface area contributed by atoms with Crippen molar-refractivity contribution in [3.8, 4) is 6.01 Å². The molecule has 1 aromatic heterocycles. The largest absolute Gasteiger partial charge is 0.461 e. The summed E-state index contributed by atoms with van der Waals surface area (Å²) in [5, 5.41) is 13.1. The molecule has 0 aliphatic carbocycles. The van der Waals surface area contributed by atoms with Crippen LogP contribution in [-0.2, 0) is 4.74 Å². The molecule has 0 saturated carbocycles. The number of nitrogen functional groups attached to an aromatic ring is 1. The van der Waals surface area contributed by atoms with Crippen LogP contribution in [0.4, 0.5) is 11.9 Å². The van der Waals surface area contributed by atoms with E-state index in [2.05, 4.69) is 25.7 Å². The predicted molar refractivity (Wildman–Crippen MR) is 79.0 cm³/mol. The Balaban J connectivity index is 2.73. The van der Waals surface area contributed by atoms with Crippen LogP contribution in [0.2, 0.25) is 0 Å². The number of hydrazine groups is 1. The second kappa shape index (κ2) is 7.91. The monoisotopic (exact) mass is 300 g/mol. The lowest BCUT2D eigenvalue weighted by atomic mass is 10.0. The molecule has 0 fully saturated rings. The van der Waals surface area contributed by atoms with Gasteiger partial charge in [-0.05, 0) is 20.8 Å². The summed E-state index contributed by atoms with van der Waals surface area (Å²) in [6.07, 6.45) is 0.412. The van der Waals surface area contributed by atoms with Gasteiger partial charge in [-0.15, -0.1) is 0 Å². The van der Waals surface area contributed by atoms with E-state index in [1.165, 1.54) is 0 Å². The maximum Gasteiger partial charge on any atom is 0.323 e. The second-order valence-corrected chi connectivity index (χ2v) is 5.17. The number of anilines is 2. The Morgan fingerprint density at radius 3 is 2.52 bits per heavy atom. The third-order valence-corrected chi connectivity index (χ3v) is 2.56. The van der Waals surface area contributed by atoms with Gasteiger partial charge in [0.05, 0.1) is 11.7 Å². The highest BCUT2D eigenvalue weighted by molar-refractivity contribution is 5.35. The predicted octanol–water partition coefficient (Wildman–Crippen LogP) is 0.144. The van der Waals surface area contributed by atoms with Gasteiger partial charge in [0, 0.05) is 26.7 Å². The molecule has 1 unspecified atom stereocenters. The third-order valence-electron chi connectivity index (χ3n) is 2.56. The van der Waals surface area contributed by atoms with E-state index in [4.69, 9.17) is 15.3 Å². The van der Waals surface area contributed by atoms with Crippen LogP contribution >= 0.6 is 0 Å². The van der Waals surface area contributed by atoms with E-state index in [0.717, 1.165) is 0 Å². The minimum Gasteiger partial charge on any atom is -0.461 e. The number of aliphatic hydroxyl groups is 1. The lowest BCUT2D eigenvalue weighted by Gasteiger charge is -2.23. The van der Waals surface area contributed by atoms with Crippen molar-refractivity contribution in [1.29, 1.82) is 0 Å². The van der Waals surface area contributed by atoms with Crippen molar-refractivity contribution in [2.24, 2.45) is 5.84 Å². The standard InChI is InChI=1S/C12H24N6O3/c1-8(2)21-11-16-9(15-10(17-11)18-13)14-7-12(3,19)5-6-20-4/h8,19H,5-7,13H2,1-4H3,(H2,14,15,16,17,18). The van der Waals surface area contributed by atoms with Crippen LogP contribution in [0.5, 0.6) is 6.01 Å². The van der Waals surface area contributed by atoms with Gasteiger partial charge in [-0.2, -0.15) is 15.0 Å². The highest BCUT2D eigenvalue weighted by atomic mass is 16.5. The van der Waals surface area contributed by atoms with Gasteiger partial charge in [0.1, 0.15) is 0 Å². The summed E-state index contributed by atoms with van der Waals surface area (Å²) in [7, 11) is 1.59. The molecule has 1 heterocycles. The summed E-state index contributed by atoms with van der Waals surface area (Å²) in [6.45, 7) is 6.15. The van der Waals surface area contributed by atoms with Crippen molar-refractivity contribution in [2.75, 3.05) is 31.0 Å². The average molecular weight is 300 g/mol. The number of hydrogen-bond donors (Lipinski definition) is 4. The van der Waals surface area contributed by atoms with Crippen molar-refractivity contribution in [2.45, 2.75) is 38.9 Å². The average Bonchev–Trinajstić information content (AvgIpc) is 2.42. The number of methoxy groups -OCH3 is 1. The van der Waals surface area contributed by atoms with E-state index >= 15 is 0 Å². The van der Waals surface area contributed by atoms with Crippen LogP contribution in [0, 0.1) is 0 Å². The molecule has 0 aromatic carbocycles. The highest BCUT2D eigenvalue weighted by Gasteiger charge is 2.20. The van der Waals surface area contributed by atoms with E-state index in [9.17, 15) is 5.11 Å². The molecular weight excluding hydrogens is 276 g/mol. The SMILES string of the molecule is COCCC(C)(O)CNc1nc(NN)nc(OC(C)C)n1.